The first-order valence-corrected chi connectivity index (χ1v) is 10.0. The zero-order chi connectivity index (χ0) is 17.6. The van der Waals surface area contributed by atoms with Gasteiger partial charge in [0.15, 0.2) is 15.1 Å². The van der Waals surface area contributed by atoms with E-state index in [4.69, 9.17) is 14.2 Å². The molecule has 0 spiro atoms. The summed E-state index contributed by atoms with van der Waals surface area (Å²) in [5.41, 5.74) is 2.45. The number of hydrogen-bond donors (Lipinski definition) is 0. The van der Waals surface area contributed by atoms with Gasteiger partial charge in [0, 0.05) is 12.1 Å². The third kappa shape index (κ3) is 4.07. The quantitative estimate of drug-likeness (QED) is 0.537. The molecular formula is C21H20IO3+. The third-order valence-corrected chi connectivity index (χ3v) is 6.75. The average Bonchev–Trinajstić information content (AvgIpc) is 2.69. The Morgan fingerprint density at radius 2 is 1.20 bits per heavy atom. The van der Waals surface area contributed by atoms with Crippen LogP contribution in [0.1, 0.15) is 0 Å². The SMILES string of the molecule is COc1cc(OC)c([I+]c2ccc(-c3ccccc3)cc2)c(OC)c1. The summed E-state index contributed by atoms with van der Waals surface area (Å²) in [5.74, 6) is 2.37. The second kappa shape index (κ2) is 8.25. The second-order valence-electron chi connectivity index (χ2n) is 5.31. The van der Waals surface area contributed by atoms with Gasteiger partial charge in [0.2, 0.25) is 0 Å². The van der Waals surface area contributed by atoms with Crippen LogP contribution < -0.4 is 35.4 Å². The molecule has 0 saturated heterocycles. The van der Waals surface area contributed by atoms with E-state index in [2.05, 4.69) is 48.5 Å². The monoisotopic (exact) mass is 447 g/mol. The fourth-order valence-corrected chi connectivity index (χ4v) is 5.13. The molecule has 3 aromatic carbocycles. The predicted molar refractivity (Wildman–Crippen MR) is 95.4 cm³/mol. The van der Waals surface area contributed by atoms with Crippen molar-refractivity contribution in [1.82, 2.24) is 0 Å². The molecule has 3 aromatic rings. The molecule has 0 amide bonds. The Kier molecular flexibility index (Phi) is 5.81. The van der Waals surface area contributed by atoms with Crippen LogP contribution in [0.2, 0.25) is 0 Å². The van der Waals surface area contributed by atoms with Gasteiger partial charge in [-0.1, -0.05) is 30.3 Å². The first-order valence-electron chi connectivity index (χ1n) is 7.85. The molecule has 0 aromatic heterocycles. The van der Waals surface area contributed by atoms with Gasteiger partial charge in [0.25, 0.3) is 3.57 Å². The van der Waals surface area contributed by atoms with Crippen LogP contribution in [-0.4, -0.2) is 21.3 Å². The molecule has 0 saturated carbocycles. The number of benzene rings is 3. The Morgan fingerprint density at radius 3 is 1.72 bits per heavy atom. The summed E-state index contributed by atoms with van der Waals surface area (Å²) in [6, 6.07) is 23.0. The summed E-state index contributed by atoms with van der Waals surface area (Å²) >= 11 is -0.434. The molecule has 3 nitrogen and oxygen atoms in total. The summed E-state index contributed by atoms with van der Waals surface area (Å²) in [6.45, 7) is 0. The minimum Gasteiger partial charge on any atom is -0.496 e. The molecule has 0 heterocycles. The van der Waals surface area contributed by atoms with Crippen molar-refractivity contribution in [2.75, 3.05) is 21.3 Å². The molecule has 0 radical (unpaired) electrons. The Bertz CT molecular complexity index is 805. The Labute approximate surface area is 158 Å². The number of methoxy groups -OCH3 is 3. The maximum absolute atomic E-state index is 5.56. The lowest BCUT2D eigenvalue weighted by Crippen LogP contribution is -3.61. The normalized spacial score (nSPS) is 10.4. The second-order valence-corrected chi connectivity index (χ2v) is 8.18. The van der Waals surface area contributed by atoms with Crippen LogP contribution in [0.25, 0.3) is 11.1 Å². The molecule has 0 N–H and O–H groups in total. The molecule has 3 rings (SSSR count). The van der Waals surface area contributed by atoms with Crippen molar-refractivity contribution in [3.63, 3.8) is 0 Å². The average molecular weight is 447 g/mol. The fraction of sp³-hybridized carbons (Fsp3) is 0.143. The molecule has 0 atom stereocenters. The highest BCUT2D eigenvalue weighted by Crippen LogP contribution is 2.27. The largest absolute Gasteiger partial charge is 0.496 e. The highest BCUT2D eigenvalue weighted by Gasteiger charge is 2.27. The summed E-state index contributed by atoms with van der Waals surface area (Å²) in [7, 11) is 5.01. The molecule has 25 heavy (non-hydrogen) atoms. The van der Waals surface area contributed by atoms with Crippen LogP contribution >= 0.6 is 0 Å². The summed E-state index contributed by atoms with van der Waals surface area (Å²) in [6.07, 6.45) is 0. The highest BCUT2D eigenvalue weighted by atomic mass is 127. The molecule has 0 bridgehead atoms. The van der Waals surface area contributed by atoms with Crippen LogP contribution in [-0.2, 0) is 0 Å². The van der Waals surface area contributed by atoms with Crippen molar-refractivity contribution in [2.45, 2.75) is 0 Å². The van der Waals surface area contributed by atoms with Crippen molar-refractivity contribution >= 4 is 0 Å². The zero-order valence-corrected chi connectivity index (χ0v) is 16.6. The lowest BCUT2D eigenvalue weighted by Gasteiger charge is -2.08. The molecule has 0 fully saturated rings. The van der Waals surface area contributed by atoms with Gasteiger partial charge in [-0.2, -0.15) is 0 Å². The van der Waals surface area contributed by atoms with Crippen LogP contribution in [0, 0.1) is 7.14 Å². The topological polar surface area (TPSA) is 27.7 Å². The first kappa shape index (κ1) is 17.6. The van der Waals surface area contributed by atoms with Gasteiger partial charge in [-0.15, -0.1) is 0 Å². The minimum atomic E-state index is -0.434. The molecule has 128 valence electrons. The summed E-state index contributed by atoms with van der Waals surface area (Å²) in [5, 5.41) is 0. The van der Waals surface area contributed by atoms with Gasteiger partial charge >= 0.3 is 21.2 Å². The lowest BCUT2D eigenvalue weighted by atomic mass is 10.1. The van der Waals surface area contributed by atoms with E-state index in [0.717, 1.165) is 20.8 Å². The molecule has 0 aliphatic heterocycles. The molecule has 4 heteroatoms. The van der Waals surface area contributed by atoms with Crippen LogP contribution in [0.4, 0.5) is 0 Å². The number of halogens is 1. The van der Waals surface area contributed by atoms with E-state index < -0.39 is 21.2 Å². The smallest absolute Gasteiger partial charge is 0.366 e. The highest BCUT2D eigenvalue weighted by molar-refractivity contribution is 5.62. The van der Waals surface area contributed by atoms with Crippen LogP contribution in [0.15, 0.2) is 66.7 Å². The van der Waals surface area contributed by atoms with Crippen molar-refractivity contribution in [1.29, 1.82) is 0 Å². The maximum atomic E-state index is 5.56. The first-order chi connectivity index (χ1) is 12.2. The number of ether oxygens (including phenoxy) is 3. The van der Waals surface area contributed by atoms with E-state index >= 15 is 0 Å². The van der Waals surface area contributed by atoms with E-state index in [1.54, 1.807) is 21.3 Å². The Balaban J connectivity index is 1.90. The fourth-order valence-electron chi connectivity index (χ4n) is 2.50. The van der Waals surface area contributed by atoms with Crippen molar-refractivity contribution < 1.29 is 35.4 Å². The molecular weight excluding hydrogens is 427 g/mol. The third-order valence-electron chi connectivity index (χ3n) is 3.81. The van der Waals surface area contributed by atoms with Gasteiger partial charge in [0.05, 0.1) is 21.3 Å². The van der Waals surface area contributed by atoms with E-state index in [1.165, 1.54) is 14.7 Å². The van der Waals surface area contributed by atoms with Gasteiger partial charge in [-0.3, -0.25) is 0 Å². The summed E-state index contributed by atoms with van der Waals surface area (Å²) in [4.78, 5) is 0. The Hall–Kier alpha value is -2.21. The van der Waals surface area contributed by atoms with E-state index in [1.807, 2.05) is 18.2 Å². The van der Waals surface area contributed by atoms with E-state index in [9.17, 15) is 0 Å². The van der Waals surface area contributed by atoms with Gasteiger partial charge in [-0.25, -0.2) is 0 Å². The number of hydrogen-bond acceptors (Lipinski definition) is 3. The minimum absolute atomic E-state index is 0.434. The Morgan fingerprint density at radius 1 is 0.640 bits per heavy atom. The maximum Gasteiger partial charge on any atom is 0.366 e. The lowest BCUT2D eigenvalue weighted by molar-refractivity contribution is -0.598. The van der Waals surface area contributed by atoms with Gasteiger partial charge < -0.3 is 14.2 Å². The molecule has 0 aliphatic rings. The summed E-state index contributed by atoms with van der Waals surface area (Å²) < 4.78 is 18.9. The van der Waals surface area contributed by atoms with Crippen LogP contribution in [0.3, 0.4) is 0 Å². The van der Waals surface area contributed by atoms with Crippen molar-refractivity contribution in [3.8, 4) is 28.4 Å². The van der Waals surface area contributed by atoms with Crippen LogP contribution in [0.5, 0.6) is 17.2 Å². The molecule has 0 aliphatic carbocycles. The number of rotatable bonds is 6. The standard InChI is InChI=1S/C21H20IO3/c1-23-18-13-19(24-2)21(20(14-18)25-3)22-17-11-9-16(10-12-17)15-7-5-4-6-8-15/h4-14H,1-3H3/q+1. The van der Waals surface area contributed by atoms with Crippen molar-refractivity contribution in [3.05, 3.63) is 73.9 Å². The zero-order valence-electron chi connectivity index (χ0n) is 14.5. The van der Waals surface area contributed by atoms with Gasteiger partial charge in [-0.05, 0) is 35.4 Å². The van der Waals surface area contributed by atoms with E-state index in [-0.39, 0.29) is 0 Å². The van der Waals surface area contributed by atoms with Gasteiger partial charge in [0.1, 0.15) is 5.75 Å². The van der Waals surface area contributed by atoms with E-state index in [0.29, 0.717) is 0 Å². The van der Waals surface area contributed by atoms with Crippen molar-refractivity contribution in [2.24, 2.45) is 0 Å². The predicted octanol–water partition coefficient (Wildman–Crippen LogP) is 1.51. The molecule has 0 unspecified atom stereocenters.